The summed E-state index contributed by atoms with van der Waals surface area (Å²) in [7, 11) is 0. The van der Waals surface area contributed by atoms with Gasteiger partial charge in [-0.3, -0.25) is 0 Å². The van der Waals surface area contributed by atoms with Crippen molar-refractivity contribution < 1.29 is 5.11 Å². The van der Waals surface area contributed by atoms with E-state index in [0.29, 0.717) is 5.56 Å². The third-order valence-electron chi connectivity index (χ3n) is 1.92. The number of benzene rings is 1. The number of aliphatic hydroxyl groups is 1. The fourth-order valence-electron chi connectivity index (χ4n) is 1.09. The lowest BCUT2D eigenvalue weighted by atomic mass is 10.0. The van der Waals surface area contributed by atoms with Gasteiger partial charge in [0.1, 0.15) is 0 Å². The summed E-state index contributed by atoms with van der Waals surface area (Å²) >= 11 is 0. The minimum atomic E-state index is -0.603. The van der Waals surface area contributed by atoms with Gasteiger partial charge in [-0.2, -0.15) is 5.26 Å². The second kappa shape index (κ2) is 5.61. The fourth-order valence-corrected chi connectivity index (χ4v) is 1.09. The summed E-state index contributed by atoms with van der Waals surface area (Å²) in [4.78, 5) is 0. The van der Waals surface area contributed by atoms with Gasteiger partial charge in [0.05, 0.1) is 23.8 Å². The highest BCUT2D eigenvalue weighted by Crippen LogP contribution is 2.14. The van der Waals surface area contributed by atoms with Crippen molar-refractivity contribution in [3.8, 4) is 6.07 Å². The van der Waals surface area contributed by atoms with E-state index in [1.807, 2.05) is 6.07 Å². The summed E-state index contributed by atoms with van der Waals surface area (Å²) in [6.45, 7) is 1.63. The Morgan fingerprint density at radius 2 is 2.14 bits per heavy atom. The van der Waals surface area contributed by atoms with Crippen molar-refractivity contribution in [2.24, 2.45) is 5.73 Å². The van der Waals surface area contributed by atoms with Crippen molar-refractivity contribution in [2.45, 2.75) is 19.1 Å². The molecule has 0 bridgehead atoms. The molecule has 0 aliphatic carbocycles. The maximum Gasteiger partial charge on any atom is 0.0991 e. The molecule has 0 fully saturated rings. The molecule has 1 aromatic carbocycles. The third-order valence-corrected chi connectivity index (χ3v) is 1.92. The highest BCUT2D eigenvalue weighted by molar-refractivity contribution is 5.85. The quantitative estimate of drug-likeness (QED) is 0.778. The average Bonchev–Trinajstić information content (AvgIpc) is 2.16. The summed E-state index contributed by atoms with van der Waals surface area (Å²) in [5.74, 6) is 0. The number of rotatable bonds is 2. The fraction of sp³-hybridized carbons (Fsp3) is 0.300. The lowest BCUT2D eigenvalue weighted by molar-refractivity contribution is 0.164. The van der Waals surface area contributed by atoms with Gasteiger partial charge in [0.25, 0.3) is 0 Å². The van der Waals surface area contributed by atoms with Gasteiger partial charge in [-0.15, -0.1) is 12.4 Å². The molecule has 0 aliphatic rings. The molecule has 0 unspecified atom stereocenters. The highest BCUT2D eigenvalue weighted by atomic mass is 35.5. The van der Waals surface area contributed by atoms with Gasteiger partial charge in [-0.05, 0) is 24.6 Å². The van der Waals surface area contributed by atoms with Crippen LogP contribution in [0.15, 0.2) is 24.3 Å². The van der Waals surface area contributed by atoms with Crippen LogP contribution in [0.1, 0.15) is 24.1 Å². The van der Waals surface area contributed by atoms with Gasteiger partial charge >= 0.3 is 0 Å². The van der Waals surface area contributed by atoms with Crippen LogP contribution < -0.4 is 5.73 Å². The zero-order chi connectivity index (χ0) is 9.84. The molecule has 0 aliphatic heterocycles. The van der Waals surface area contributed by atoms with Gasteiger partial charge in [0, 0.05) is 0 Å². The predicted molar refractivity (Wildman–Crippen MR) is 57.0 cm³/mol. The average molecular weight is 213 g/mol. The van der Waals surface area contributed by atoms with E-state index in [1.165, 1.54) is 0 Å². The molecule has 0 heterocycles. The van der Waals surface area contributed by atoms with Crippen LogP contribution in [0.25, 0.3) is 0 Å². The molecule has 0 saturated heterocycles. The first-order chi connectivity index (χ1) is 6.15. The topological polar surface area (TPSA) is 70.0 Å². The normalized spacial score (nSPS) is 13.6. The number of nitrogens with zero attached hydrogens (tertiary/aromatic N) is 1. The van der Waals surface area contributed by atoms with Crippen molar-refractivity contribution in [1.82, 2.24) is 0 Å². The first-order valence-electron chi connectivity index (χ1n) is 4.09. The number of halogens is 1. The summed E-state index contributed by atoms with van der Waals surface area (Å²) in [6, 6.07) is 8.56. The summed E-state index contributed by atoms with van der Waals surface area (Å²) in [5, 5.41) is 17.9. The molecule has 1 rings (SSSR count). The van der Waals surface area contributed by atoms with Gasteiger partial charge in [0.15, 0.2) is 0 Å². The Hall–Kier alpha value is -1.08. The second-order valence-corrected chi connectivity index (χ2v) is 3.00. The van der Waals surface area contributed by atoms with E-state index in [2.05, 4.69) is 0 Å². The van der Waals surface area contributed by atoms with Crippen molar-refractivity contribution in [3.63, 3.8) is 0 Å². The maximum absolute atomic E-state index is 9.23. The molecule has 1 aromatic rings. The summed E-state index contributed by atoms with van der Waals surface area (Å²) in [5.41, 5.74) is 7.05. The van der Waals surface area contributed by atoms with Crippen LogP contribution in [0, 0.1) is 11.3 Å². The van der Waals surface area contributed by atoms with Crippen LogP contribution in [0.5, 0.6) is 0 Å². The Bertz CT molecular complexity index is 333. The Kier molecular flexibility index (Phi) is 5.18. The minimum absolute atomic E-state index is 0. The molecular formula is C10H13ClN2O. The van der Waals surface area contributed by atoms with Crippen LogP contribution in [-0.2, 0) is 0 Å². The number of nitrogens with two attached hydrogens (primary N) is 1. The van der Waals surface area contributed by atoms with Crippen LogP contribution >= 0.6 is 12.4 Å². The van der Waals surface area contributed by atoms with E-state index >= 15 is 0 Å². The van der Waals surface area contributed by atoms with Crippen LogP contribution in [0.2, 0.25) is 0 Å². The predicted octanol–water partition coefficient (Wildman–Crippen LogP) is 1.36. The first kappa shape index (κ1) is 12.9. The van der Waals surface area contributed by atoms with Crippen LogP contribution in [-0.4, -0.2) is 11.2 Å². The van der Waals surface area contributed by atoms with E-state index in [1.54, 1.807) is 31.2 Å². The summed E-state index contributed by atoms with van der Waals surface area (Å²) < 4.78 is 0. The molecule has 2 atom stereocenters. The number of hydrogen-bond acceptors (Lipinski definition) is 3. The van der Waals surface area contributed by atoms with Gasteiger partial charge in [-0.1, -0.05) is 12.1 Å². The molecule has 76 valence electrons. The molecule has 0 saturated carbocycles. The molecule has 3 N–H and O–H groups in total. The smallest absolute Gasteiger partial charge is 0.0991 e. The number of aliphatic hydroxyl groups excluding tert-OH is 1. The molecule has 3 nitrogen and oxygen atoms in total. The molecule has 0 aromatic heterocycles. The summed E-state index contributed by atoms with van der Waals surface area (Å²) in [6.07, 6.45) is -0.603. The number of nitriles is 1. The van der Waals surface area contributed by atoms with E-state index in [-0.39, 0.29) is 12.4 Å². The SMILES string of the molecule is C[C@@H](O)[C@@H](N)c1cccc(C#N)c1.Cl. The highest BCUT2D eigenvalue weighted by Gasteiger charge is 2.11. The molecule has 14 heavy (non-hydrogen) atoms. The van der Waals surface area contributed by atoms with E-state index in [4.69, 9.17) is 11.0 Å². The zero-order valence-corrected chi connectivity index (χ0v) is 8.66. The van der Waals surface area contributed by atoms with E-state index < -0.39 is 12.1 Å². The molecule has 4 heteroatoms. The minimum Gasteiger partial charge on any atom is -0.391 e. The monoisotopic (exact) mass is 212 g/mol. The second-order valence-electron chi connectivity index (χ2n) is 3.00. The number of hydrogen-bond donors (Lipinski definition) is 2. The van der Waals surface area contributed by atoms with E-state index in [9.17, 15) is 5.11 Å². The maximum atomic E-state index is 9.23. The van der Waals surface area contributed by atoms with E-state index in [0.717, 1.165) is 5.56 Å². The van der Waals surface area contributed by atoms with Crippen molar-refractivity contribution >= 4 is 12.4 Å². The Labute approximate surface area is 89.6 Å². The first-order valence-corrected chi connectivity index (χ1v) is 4.09. The Morgan fingerprint density at radius 1 is 1.50 bits per heavy atom. The standard InChI is InChI=1S/C10H12N2O.ClH/c1-7(13)10(12)9-4-2-3-8(5-9)6-11;/h2-5,7,10,13H,12H2,1H3;1H/t7-,10-;/m1./s1. The van der Waals surface area contributed by atoms with Crippen LogP contribution in [0.4, 0.5) is 0 Å². The molecule has 0 radical (unpaired) electrons. The van der Waals surface area contributed by atoms with Crippen molar-refractivity contribution in [3.05, 3.63) is 35.4 Å². The van der Waals surface area contributed by atoms with Gasteiger partial charge < -0.3 is 10.8 Å². The lowest BCUT2D eigenvalue weighted by Crippen LogP contribution is -2.23. The van der Waals surface area contributed by atoms with Crippen molar-refractivity contribution in [1.29, 1.82) is 5.26 Å². The molecule has 0 spiro atoms. The largest absolute Gasteiger partial charge is 0.391 e. The van der Waals surface area contributed by atoms with Crippen LogP contribution in [0.3, 0.4) is 0 Å². The third kappa shape index (κ3) is 3.00. The molecule has 0 amide bonds. The van der Waals surface area contributed by atoms with Crippen molar-refractivity contribution in [2.75, 3.05) is 0 Å². The zero-order valence-electron chi connectivity index (χ0n) is 7.84. The Balaban J connectivity index is 0.00000169. The lowest BCUT2D eigenvalue weighted by Gasteiger charge is -2.14. The Morgan fingerprint density at radius 3 is 2.64 bits per heavy atom. The molecular weight excluding hydrogens is 200 g/mol. The van der Waals surface area contributed by atoms with Gasteiger partial charge in [0.2, 0.25) is 0 Å². The van der Waals surface area contributed by atoms with Gasteiger partial charge in [-0.25, -0.2) is 0 Å².